The molecule has 0 aliphatic carbocycles. The predicted octanol–water partition coefficient (Wildman–Crippen LogP) is 3.30. The minimum atomic E-state index is -0.781. The van der Waals surface area contributed by atoms with E-state index in [0.717, 1.165) is 5.56 Å². The van der Waals surface area contributed by atoms with Crippen molar-refractivity contribution in [2.75, 3.05) is 5.34 Å². The number of aliphatic carboxylic acids is 1. The van der Waals surface area contributed by atoms with Gasteiger partial charge >= 0.3 is 5.97 Å². The van der Waals surface area contributed by atoms with Crippen molar-refractivity contribution in [3.63, 3.8) is 0 Å². The summed E-state index contributed by atoms with van der Waals surface area (Å²) in [6.45, 7) is 1.68. The van der Waals surface area contributed by atoms with Crippen LogP contribution in [0.15, 0.2) is 30.3 Å². The van der Waals surface area contributed by atoms with Gasteiger partial charge in [-0.05, 0) is 12.5 Å². The number of halogens is 2. The minimum absolute atomic E-state index is 0.194. The van der Waals surface area contributed by atoms with Crippen LogP contribution < -0.4 is 0 Å². The van der Waals surface area contributed by atoms with Crippen molar-refractivity contribution in [2.24, 2.45) is 0 Å². The first-order valence-corrected chi connectivity index (χ1v) is 5.10. The molecule has 0 saturated heterocycles. The van der Waals surface area contributed by atoms with Gasteiger partial charge in [0.1, 0.15) is 0 Å². The van der Waals surface area contributed by atoms with E-state index >= 15 is 0 Å². The number of hydrogen-bond donors (Lipinski definition) is 1. The minimum Gasteiger partial charge on any atom is -0.481 e. The van der Waals surface area contributed by atoms with Crippen molar-refractivity contribution in [3.8, 4) is 0 Å². The van der Waals surface area contributed by atoms with Gasteiger partial charge in [0.25, 0.3) is 0 Å². The van der Waals surface area contributed by atoms with Gasteiger partial charge in [0, 0.05) is 0 Å². The van der Waals surface area contributed by atoms with Gasteiger partial charge in [-0.3, -0.25) is 4.79 Å². The summed E-state index contributed by atoms with van der Waals surface area (Å²) in [7, 11) is 0. The molecule has 0 saturated carbocycles. The molecule has 0 aliphatic rings. The second-order valence-electron chi connectivity index (χ2n) is 2.57. The second kappa shape index (κ2) is 7.65. The van der Waals surface area contributed by atoms with Crippen LogP contribution in [0, 0.1) is 0 Å². The Labute approximate surface area is 93.5 Å². The Morgan fingerprint density at radius 1 is 1.36 bits per heavy atom. The normalized spacial score (nSPS) is 11.1. The van der Waals surface area contributed by atoms with Crippen LogP contribution in [0.25, 0.3) is 0 Å². The standard InChI is InChI=1S/C9H10O2.CH2Cl2/c1-7(9(10)11)8-5-3-2-4-6-8;2-1-3/h2-7H,1H3,(H,10,11);1H2. The smallest absolute Gasteiger partial charge is 0.310 e. The maximum absolute atomic E-state index is 10.5. The molecule has 4 heteroatoms. The summed E-state index contributed by atoms with van der Waals surface area (Å²) in [6.07, 6.45) is 0. The van der Waals surface area contributed by atoms with E-state index < -0.39 is 11.9 Å². The van der Waals surface area contributed by atoms with E-state index in [1.165, 1.54) is 0 Å². The lowest BCUT2D eigenvalue weighted by Gasteiger charge is -2.04. The van der Waals surface area contributed by atoms with Gasteiger partial charge in [0.2, 0.25) is 0 Å². The second-order valence-corrected chi connectivity index (χ2v) is 3.38. The summed E-state index contributed by atoms with van der Waals surface area (Å²) in [5.74, 6) is -1.19. The summed E-state index contributed by atoms with van der Waals surface area (Å²) < 4.78 is 0. The Bertz CT molecular complexity index is 262. The molecule has 1 N–H and O–H groups in total. The lowest BCUT2D eigenvalue weighted by Crippen LogP contribution is -2.06. The number of carbonyl (C=O) groups is 1. The fourth-order valence-corrected chi connectivity index (χ4v) is 0.884. The first-order chi connectivity index (χ1) is 6.63. The zero-order valence-corrected chi connectivity index (χ0v) is 9.29. The number of rotatable bonds is 2. The van der Waals surface area contributed by atoms with Crippen LogP contribution in [0.3, 0.4) is 0 Å². The Kier molecular flexibility index (Phi) is 7.25. The van der Waals surface area contributed by atoms with Crippen molar-refractivity contribution in [3.05, 3.63) is 35.9 Å². The van der Waals surface area contributed by atoms with Gasteiger partial charge in [-0.1, -0.05) is 30.3 Å². The Morgan fingerprint density at radius 2 is 1.79 bits per heavy atom. The Hall–Kier alpha value is -0.730. The molecule has 0 amide bonds. The van der Waals surface area contributed by atoms with Crippen molar-refractivity contribution in [2.45, 2.75) is 12.8 Å². The highest BCUT2D eigenvalue weighted by molar-refractivity contribution is 6.40. The summed E-state index contributed by atoms with van der Waals surface area (Å²) in [6, 6.07) is 9.19. The van der Waals surface area contributed by atoms with Gasteiger partial charge in [0.05, 0.1) is 11.3 Å². The van der Waals surface area contributed by atoms with Crippen LogP contribution in [0.2, 0.25) is 0 Å². The summed E-state index contributed by atoms with van der Waals surface area (Å²) in [4.78, 5) is 10.5. The zero-order chi connectivity index (χ0) is 11.0. The first kappa shape index (κ1) is 13.3. The maximum Gasteiger partial charge on any atom is 0.310 e. The van der Waals surface area contributed by atoms with E-state index in [0.29, 0.717) is 0 Å². The number of benzene rings is 1. The Balaban J connectivity index is 0.000000500. The molecule has 1 rings (SSSR count). The molecule has 78 valence electrons. The van der Waals surface area contributed by atoms with E-state index in [9.17, 15) is 4.79 Å². The van der Waals surface area contributed by atoms with Gasteiger partial charge in [-0.2, -0.15) is 0 Å². The van der Waals surface area contributed by atoms with Crippen LogP contribution in [-0.2, 0) is 4.79 Å². The average Bonchev–Trinajstić information content (AvgIpc) is 2.19. The first-order valence-electron chi connectivity index (χ1n) is 4.03. The van der Waals surface area contributed by atoms with Crippen molar-refractivity contribution in [1.82, 2.24) is 0 Å². The molecule has 14 heavy (non-hydrogen) atoms. The molecule has 0 heterocycles. The van der Waals surface area contributed by atoms with Crippen LogP contribution >= 0.6 is 23.2 Å². The number of hydrogen-bond acceptors (Lipinski definition) is 1. The van der Waals surface area contributed by atoms with Crippen molar-refractivity contribution >= 4 is 29.2 Å². The Morgan fingerprint density at radius 3 is 2.14 bits per heavy atom. The number of carboxylic acids is 1. The fraction of sp³-hybridized carbons (Fsp3) is 0.300. The molecule has 0 aliphatic heterocycles. The predicted molar refractivity (Wildman–Crippen MR) is 59.1 cm³/mol. The molecular weight excluding hydrogens is 223 g/mol. The molecule has 1 aromatic carbocycles. The van der Waals surface area contributed by atoms with Gasteiger partial charge in [-0.25, -0.2) is 0 Å². The molecule has 2 nitrogen and oxygen atoms in total. The van der Waals surface area contributed by atoms with Crippen LogP contribution in [-0.4, -0.2) is 16.4 Å². The summed E-state index contributed by atoms with van der Waals surface area (Å²) in [5, 5.41) is 8.83. The van der Waals surface area contributed by atoms with Crippen molar-refractivity contribution < 1.29 is 9.90 Å². The lowest BCUT2D eigenvalue weighted by atomic mass is 10.0. The van der Waals surface area contributed by atoms with Crippen molar-refractivity contribution in [1.29, 1.82) is 0 Å². The number of alkyl halides is 2. The van der Waals surface area contributed by atoms with Gasteiger partial charge in [0.15, 0.2) is 0 Å². The zero-order valence-electron chi connectivity index (χ0n) is 7.78. The molecule has 1 aromatic rings. The third-order valence-electron chi connectivity index (χ3n) is 1.67. The molecule has 0 radical (unpaired) electrons. The molecule has 0 spiro atoms. The van der Waals surface area contributed by atoms with Crippen LogP contribution in [0.1, 0.15) is 18.4 Å². The molecular formula is C10H12Cl2O2. The summed E-state index contributed by atoms with van der Waals surface area (Å²) >= 11 is 9.53. The fourth-order valence-electron chi connectivity index (χ4n) is 0.884. The van der Waals surface area contributed by atoms with Crippen LogP contribution in [0.4, 0.5) is 0 Å². The number of carboxylic acid groups (broad SMARTS) is 1. The highest BCUT2D eigenvalue weighted by Crippen LogP contribution is 2.13. The lowest BCUT2D eigenvalue weighted by molar-refractivity contribution is -0.138. The third kappa shape index (κ3) is 5.10. The van der Waals surface area contributed by atoms with Crippen LogP contribution in [0.5, 0.6) is 0 Å². The van der Waals surface area contributed by atoms with E-state index in [1.807, 2.05) is 30.3 Å². The van der Waals surface area contributed by atoms with E-state index in [1.54, 1.807) is 6.92 Å². The molecule has 1 unspecified atom stereocenters. The third-order valence-corrected chi connectivity index (χ3v) is 1.67. The quantitative estimate of drug-likeness (QED) is 0.798. The van der Waals surface area contributed by atoms with Gasteiger partial charge < -0.3 is 5.11 Å². The monoisotopic (exact) mass is 234 g/mol. The van der Waals surface area contributed by atoms with E-state index in [-0.39, 0.29) is 5.34 Å². The largest absolute Gasteiger partial charge is 0.481 e. The highest BCUT2D eigenvalue weighted by atomic mass is 35.5. The average molecular weight is 235 g/mol. The SMILES string of the molecule is CC(C(=O)O)c1ccccc1.ClCCl. The molecule has 0 bridgehead atoms. The molecule has 1 atom stereocenters. The molecule has 0 aromatic heterocycles. The van der Waals surface area contributed by atoms with Gasteiger partial charge in [-0.15, -0.1) is 23.2 Å². The topological polar surface area (TPSA) is 37.3 Å². The highest BCUT2D eigenvalue weighted by Gasteiger charge is 2.11. The molecule has 0 fully saturated rings. The summed E-state index contributed by atoms with van der Waals surface area (Å²) in [5.41, 5.74) is 0.847. The maximum atomic E-state index is 10.5. The van der Waals surface area contributed by atoms with E-state index in [2.05, 4.69) is 0 Å². The van der Waals surface area contributed by atoms with E-state index in [4.69, 9.17) is 28.3 Å².